The van der Waals surface area contributed by atoms with Gasteiger partial charge in [-0.3, -0.25) is 4.79 Å². The molecule has 6 nitrogen and oxygen atoms in total. The number of carbonyl (C=O) groups excluding carboxylic acids is 1. The number of benzene rings is 2. The Kier molecular flexibility index (Phi) is 4.05. The minimum Gasteiger partial charge on any atom is -0.496 e. The zero-order chi connectivity index (χ0) is 16.2. The molecule has 0 spiro atoms. The number of para-hydroxylation sites is 1. The lowest BCUT2D eigenvalue weighted by atomic mass is 10.1. The molecule has 0 bridgehead atoms. The zero-order valence-electron chi connectivity index (χ0n) is 12.7. The van der Waals surface area contributed by atoms with Gasteiger partial charge in [0.15, 0.2) is 0 Å². The molecule has 0 saturated heterocycles. The topological polar surface area (TPSA) is 77.2 Å². The van der Waals surface area contributed by atoms with E-state index in [1.54, 1.807) is 37.3 Å². The van der Waals surface area contributed by atoms with Crippen molar-refractivity contribution in [1.82, 2.24) is 10.1 Å². The van der Waals surface area contributed by atoms with E-state index in [1.807, 2.05) is 18.2 Å². The van der Waals surface area contributed by atoms with Gasteiger partial charge in [0.05, 0.1) is 12.7 Å². The fraction of sp³-hybridized carbons (Fsp3) is 0.118. The summed E-state index contributed by atoms with van der Waals surface area (Å²) in [6.45, 7) is 1.73. The van der Waals surface area contributed by atoms with E-state index in [2.05, 4.69) is 15.5 Å². The highest BCUT2D eigenvalue weighted by atomic mass is 16.5. The molecule has 0 unspecified atom stereocenters. The largest absolute Gasteiger partial charge is 0.496 e. The summed E-state index contributed by atoms with van der Waals surface area (Å²) in [7, 11) is 1.53. The first-order valence-corrected chi connectivity index (χ1v) is 7.02. The Morgan fingerprint density at radius 2 is 2.00 bits per heavy atom. The van der Waals surface area contributed by atoms with Crippen LogP contribution in [0.1, 0.15) is 16.2 Å². The Labute approximate surface area is 133 Å². The van der Waals surface area contributed by atoms with Gasteiger partial charge in [-0.1, -0.05) is 29.4 Å². The second kappa shape index (κ2) is 6.31. The highest BCUT2D eigenvalue weighted by molar-refractivity contribution is 6.06. The fourth-order valence-corrected chi connectivity index (χ4v) is 2.18. The van der Waals surface area contributed by atoms with Crippen molar-refractivity contribution >= 4 is 11.6 Å². The molecule has 1 amide bonds. The first kappa shape index (κ1) is 14.8. The number of hydrogen-bond acceptors (Lipinski definition) is 5. The number of rotatable bonds is 4. The summed E-state index contributed by atoms with van der Waals surface area (Å²) in [5, 5.41) is 6.72. The Morgan fingerprint density at radius 1 is 1.17 bits per heavy atom. The van der Waals surface area contributed by atoms with E-state index in [-0.39, 0.29) is 5.91 Å². The molecule has 0 saturated carbocycles. The molecule has 0 aliphatic rings. The van der Waals surface area contributed by atoms with Gasteiger partial charge in [0, 0.05) is 18.2 Å². The Bertz CT molecular complexity index is 842. The molecule has 0 aliphatic heterocycles. The molecule has 23 heavy (non-hydrogen) atoms. The van der Waals surface area contributed by atoms with Crippen molar-refractivity contribution in [2.24, 2.45) is 0 Å². The van der Waals surface area contributed by atoms with E-state index in [0.29, 0.717) is 28.7 Å². The van der Waals surface area contributed by atoms with Crippen LogP contribution < -0.4 is 10.1 Å². The SMILES string of the molecule is COc1ccccc1C(=O)Nc1cccc(-c2noc(C)n2)c1. The van der Waals surface area contributed by atoms with E-state index in [4.69, 9.17) is 9.26 Å². The minimum atomic E-state index is -0.246. The van der Waals surface area contributed by atoms with Gasteiger partial charge in [0.2, 0.25) is 11.7 Å². The Morgan fingerprint density at radius 3 is 2.74 bits per heavy atom. The van der Waals surface area contributed by atoms with Crippen molar-refractivity contribution in [2.75, 3.05) is 12.4 Å². The van der Waals surface area contributed by atoms with Gasteiger partial charge in [0.1, 0.15) is 5.75 Å². The van der Waals surface area contributed by atoms with Gasteiger partial charge in [-0.25, -0.2) is 0 Å². The lowest BCUT2D eigenvalue weighted by Gasteiger charge is -2.09. The number of nitrogens with one attached hydrogen (secondary N) is 1. The molecule has 0 atom stereocenters. The lowest BCUT2D eigenvalue weighted by molar-refractivity contribution is 0.102. The van der Waals surface area contributed by atoms with Crippen molar-refractivity contribution in [2.45, 2.75) is 6.92 Å². The lowest BCUT2D eigenvalue weighted by Crippen LogP contribution is -2.13. The average Bonchev–Trinajstić information content (AvgIpc) is 3.01. The van der Waals surface area contributed by atoms with Crippen LogP contribution in [0, 0.1) is 6.92 Å². The fourth-order valence-electron chi connectivity index (χ4n) is 2.18. The third-order valence-electron chi connectivity index (χ3n) is 3.26. The molecule has 0 aliphatic carbocycles. The predicted molar refractivity (Wildman–Crippen MR) is 85.4 cm³/mol. The number of ether oxygens (including phenoxy) is 1. The van der Waals surface area contributed by atoms with Crippen molar-refractivity contribution < 1.29 is 14.1 Å². The van der Waals surface area contributed by atoms with E-state index >= 15 is 0 Å². The van der Waals surface area contributed by atoms with Gasteiger partial charge in [-0.2, -0.15) is 4.98 Å². The monoisotopic (exact) mass is 309 g/mol. The van der Waals surface area contributed by atoms with E-state index in [0.717, 1.165) is 5.56 Å². The summed E-state index contributed by atoms with van der Waals surface area (Å²) in [5.41, 5.74) is 1.87. The molecule has 0 fully saturated rings. The maximum Gasteiger partial charge on any atom is 0.259 e. The normalized spacial score (nSPS) is 10.3. The molecule has 2 aromatic carbocycles. The molecule has 1 N–H and O–H groups in total. The Balaban J connectivity index is 1.84. The molecule has 0 radical (unpaired) electrons. The van der Waals surface area contributed by atoms with Gasteiger partial charge in [0.25, 0.3) is 5.91 Å². The highest BCUT2D eigenvalue weighted by Crippen LogP contribution is 2.22. The summed E-state index contributed by atoms with van der Waals surface area (Å²) in [6.07, 6.45) is 0. The molecule has 3 rings (SSSR count). The van der Waals surface area contributed by atoms with Crippen molar-refractivity contribution in [3.63, 3.8) is 0 Å². The number of carbonyl (C=O) groups is 1. The number of methoxy groups -OCH3 is 1. The maximum atomic E-state index is 12.4. The quantitative estimate of drug-likeness (QED) is 0.800. The van der Waals surface area contributed by atoms with Crippen molar-refractivity contribution in [1.29, 1.82) is 0 Å². The van der Waals surface area contributed by atoms with E-state index in [9.17, 15) is 4.79 Å². The molecular formula is C17H15N3O3. The molecular weight excluding hydrogens is 294 g/mol. The smallest absolute Gasteiger partial charge is 0.259 e. The summed E-state index contributed by atoms with van der Waals surface area (Å²) >= 11 is 0. The van der Waals surface area contributed by atoms with E-state index in [1.165, 1.54) is 7.11 Å². The molecule has 1 aromatic heterocycles. The van der Waals surface area contributed by atoms with Crippen LogP contribution >= 0.6 is 0 Å². The standard InChI is InChI=1S/C17H15N3O3/c1-11-18-16(20-23-11)12-6-5-7-13(10-12)19-17(21)14-8-3-4-9-15(14)22-2/h3-10H,1-2H3,(H,19,21). The Hall–Kier alpha value is -3.15. The van der Waals surface area contributed by atoms with Gasteiger partial charge in [-0.15, -0.1) is 0 Å². The molecule has 3 aromatic rings. The average molecular weight is 309 g/mol. The first-order chi connectivity index (χ1) is 11.2. The van der Waals surface area contributed by atoms with Crippen LogP contribution in [-0.2, 0) is 0 Å². The second-order valence-electron chi connectivity index (χ2n) is 4.87. The number of amides is 1. The van der Waals surface area contributed by atoms with E-state index < -0.39 is 0 Å². The number of aromatic nitrogens is 2. The van der Waals surface area contributed by atoms with Crippen LogP contribution in [0.15, 0.2) is 53.1 Å². The minimum absolute atomic E-state index is 0.246. The van der Waals surface area contributed by atoms with Gasteiger partial charge < -0.3 is 14.6 Å². The molecule has 116 valence electrons. The van der Waals surface area contributed by atoms with Crippen LogP contribution in [-0.4, -0.2) is 23.2 Å². The van der Waals surface area contributed by atoms with Crippen LogP contribution in [0.2, 0.25) is 0 Å². The van der Waals surface area contributed by atoms with Gasteiger partial charge in [-0.05, 0) is 24.3 Å². The maximum absolute atomic E-state index is 12.4. The molecule has 1 heterocycles. The second-order valence-corrected chi connectivity index (χ2v) is 4.87. The van der Waals surface area contributed by atoms with Crippen LogP contribution in [0.25, 0.3) is 11.4 Å². The van der Waals surface area contributed by atoms with Crippen molar-refractivity contribution in [3.8, 4) is 17.1 Å². The summed E-state index contributed by atoms with van der Waals surface area (Å²) in [6, 6.07) is 14.3. The van der Waals surface area contributed by atoms with Crippen LogP contribution in [0.5, 0.6) is 5.75 Å². The zero-order valence-corrected chi connectivity index (χ0v) is 12.7. The number of anilines is 1. The highest BCUT2D eigenvalue weighted by Gasteiger charge is 2.12. The number of aryl methyl sites for hydroxylation is 1. The molecule has 6 heteroatoms. The summed E-state index contributed by atoms with van der Waals surface area (Å²) in [5.74, 6) is 1.25. The predicted octanol–water partition coefficient (Wildman–Crippen LogP) is 3.31. The van der Waals surface area contributed by atoms with Crippen LogP contribution in [0.3, 0.4) is 0 Å². The van der Waals surface area contributed by atoms with Crippen LogP contribution in [0.4, 0.5) is 5.69 Å². The van der Waals surface area contributed by atoms with Crippen molar-refractivity contribution in [3.05, 3.63) is 60.0 Å². The first-order valence-electron chi connectivity index (χ1n) is 7.02. The van der Waals surface area contributed by atoms with Gasteiger partial charge >= 0.3 is 0 Å². The number of hydrogen-bond donors (Lipinski definition) is 1. The summed E-state index contributed by atoms with van der Waals surface area (Å²) in [4.78, 5) is 16.6. The third kappa shape index (κ3) is 3.21. The summed E-state index contributed by atoms with van der Waals surface area (Å²) < 4.78 is 10.2. The number of nitrogens with zero attached hydrogens (tertiary/aromatic N) is 2. The third-order valence-corrected chi connectivity index (χ3v) is 3.26.